The summed E-state index contributed by atoms with van der Waals surface area (Å²) in [6.07, 6.45) is 2.35. The van der Waals surface area contributed by atoms with Crippen molar-refractivity contribution in [2.24, 2.45) is 0 Å². The van der Waals surface area contributed by atoms with E-state index in [-0.39, 0.29) is 6.10 Å². The fourth-order valence-corrected chi connectivity index (χ4v) is 2.52. The molecule has 2 aromatic carbocycles. The van der Waals surface area contributed by atoms with Gasteiger partial charge in [0, 0.05) is 5.69 Å². The van der Waals surface area contributed by atoms with Crippen molar-refractivity contribution in [1.29, 1.82) is 0 Å². The van der Waals surface area contributed by atoms with Gasteiger partial charge in [0.25, 0.3) is 0 Å². The van der Waals surface area contributed by atoms with Crippen LogP contribution in [0.1, 0.15) is 17.5 Å². The zero-order valence-electron chi connectivity index (χ0n) is 11.2. The van der Waals surface area contributed by atoms with E-state index in [1.807, 2.05) is 18.2 Å². The van der Waals surface area contributed by atoms with E-state index in [9.17, 15) is 0 Å². The third-order valence-electron chi connectivity index (χ3n) is 3.66. The average molecular weight is 253 g/mol. The maximum atomic E-state index is 6.13. The first kappa shape index (κ1) is 12.1. The first-order valence-electron chi connectivity index (χ1n) is 6.87. The van der Waals surface area contributed by atoms with Crippen LogP contribution in [-0.4, -0.2) is 12.6 Å². The minimum atomic E-state index is 0.230. The second-order valence-corrected chi connectivity index (χ2v) is 5.08. The molecule has 2 nitrogen and oxygen atoms in total. The standard InChI is InChI=1S/C17H19NO/c1-13-6-2-5-9-17(13)19-15-11-10-14-7-3-4-8-16(14)18-12-15/h2-9,15,18H,10-12H2,1H3. The van der Waals surface area contributed by atoms with E-state index in [1.54, 1.807) is 0 Å². The highest BCUT2D eigenvalue weighted by Crippen LogP contribution is 2.24. The lowest BCUT2D eigenvalue weighted by atomic mass is 10.1. The third kappa shape index (κ3) is 2.73. The Morgan fingerprint density at radius 3 is 2.74 bits per heavy atom. The Morgan fingerprint density at radius 1 is 1.05 bits per heavy atom. The number of ether oxygens (including phenoxy) is 1. The van der Waals surface area contributed by atoms with E-state index in [1.165, 1.54) is 16.8 Å². The highest BCUT2D eigenvalue weighted by Gasteiger charge is 2.17. The molecule has 1 atom stereocenters. The van der Waals surface area contributed by atoms with Crippen molar-refractivity contribution in [3.05, 3.63) is 59.7 Å². The summed E-state index contributed by atoms with van der Waals surface area (Å²) in [5, 5.41) is 3.49. The fraction of sp³-hybridized carbons (Fsp3) is 0.294. The number of benzene rings is 2. The first-order chi connectivity index (χ1) is 9.33. The van der Waals surface area contributed by atoms with Crippen molar-refractivity contribution in [3.63, 3.8) is 0 Å². The van der Waals surface area contributed by atoms with Gasteiger partial charge in [-0.05, 0) is 43.0 Å². The van der Waals surface area contributed by atoms with Gasteiger partial charge in [0.15, 0.2) is 0 Å². The number of fused-ring (bicyclic) bond motifs is 1. The van der Waals surface area contributed by atoms with Gasteiger partial charge in [-0.3, -0.25) is 0 Å². The summed E-state index contributed by atoms with van der Waals surface area (Å²) < 4.78 is 6.13. The molecule has 1 N–H and O–H groups in total. The lowest BCUT2D eigenvalue weighted by Gasteiger charge is -2.18. The molecule has 2 aromatic rings. The van der Waals surface area contributed by atoms with E-state index in [0.717, 1.165) is 25.1 Å². The Morgan fingerprint density at radius 2 is 1.84 bits per heavy atom. The van der Waals surface area contributed by atoms with Gasteiger partial charge in [-0.25, -0.2) is 0 Å². The number of hydrogen-bond acceptors (Lipinski definition) is 2. The van der Waals surface area contributed by atoms with Crippen molar-refractivity contribution >= 4 is 5.69 Å². The van der Waals surface area contributed by atoms with Gasteiger partial charge in [0.05, 0.1) is 6.54 Å². The molecule has 98 valence electrons. The fourth-order valence-electron chi connectivity index (χ4n) is 2.52. The van der Waals surface area contributed by atoms with Crippen LogP contribution in [0.2, 0.25) is 0 Å². The molecule has 19 heavy (non-hydrogen) atoms. The maximum Gasteiger partial charge on any atom is 0.122 e. The van der Waals surface area contributed by atoms with Gasteiger partial charge in [0.2, 0.25) is 0 Å². The highest BCUT2D eigenvalue weighted by atomic mass is 16.5. The van der Waals surface area contributed by atoms with Crippen LogP contribution in [0.5, 0.6) is 5.75 Å². The van der Waals surface area contributed by atoms with Gasteiger partial charge in [0.1, 0.15) is 11.9 Å². The van der Waals surface area contributed by atoms with Crippen molar-refractivity contribution in [2.75, 3.05) is 11.9 Å². The van der Waals surface area contributed by atoms with Crippen LogP contribution in [0.25, 0.3) is 0 Å². The molecule has 0 aliphatic carbocycles. The predicted molar refractivity (Wildman–Crippen MR) is 78.8 cm³/mol. The summed E-state index contributed by atoms with van der Waals surface area (Å²) in [7, 11) is 0. The normalized spacial score (nSPS) is 18.1. The molecule has 1 aliphatic rings. The van der Waals surface area contributed by atoms with Crippen molar-refractivity contribution < 1.29 is 4.74 Å². The van der Waals surface area contributed by atoms with E-state index in [4.69, 9.17) is 4.74 Å². The molecule has 3 rings (SSSR count). The zero-order valence-corrected chi connectivity index (χ0v) is 11.2. The summed E-state index contributed by atoms with van der Waals surface area (Å²) in [5.41, 5.74) is 3.83. The summed E-state index contributed by atoms with van der Waals surface area (Å²) in [4.78, 5) is 0. The van der Waals surface area contributed by atoms with Crippen LogP contribution in [-0.2, 0) is 6.42 Å². The molecule has 0 amide bonds. The lowest BCUT2D eigenvalue weighted by Crippen LogP contribution is -2.25. The van der Waals surface area contributed by atoms with E-state index in [0.29, 0.717) is 0 Å². The monoisotopic (exact) mass is 253 g/mol. The SMILES string of the molecule is Cc1ccccc1OC1CCc2ccccc2NC1. The first-order valence-corrected chi connectivity index (χ1v) is 6.87. The lowest BCUT2D eigenvalue weighted by molar-refractivity contribution is 0.205. The maximum absolute atomic E-state index is 6.13. The number of hydrogen-bond donors (Lipinski definition) is 1. The smallest absolute Gasteiger partial charge is 0.122 e. The summed E-state index contributed by atoms with van der Waals surface area (Å²) in [6, 6.07) is 16.7. The molecule has 0 bridgehead atoms. The highest BCUT2D eigenvalue weighted by molar-refractivity contribution is 5.52. The molecule has 0 radical (unpaired) electrons. The van der Waals surface area contributed by atoms with Crippen LogP contribution in [0, 0.1) is 6.92 Å². The van der Waals surface area contributed by atoms with E-state index in [2.05, 4.69) is 42.6 Å². The number of para-hydroxylation sites is 2. The van der Waals surface area contributed by atoms with Gasteiger partial charge in [-0.2, -0.15) is 0 Å². The Balaban J connectivity index is 1.71. The predicted octanol–water partition coefficient (Wildman–Crippen LogP) is 3.80. The molecular formula is C17H19NO. The second-order valence-electron chi connectivity index (χ2n) is 5.08. The molecule has 0 saturated heterocycles. The quantitative estimate of drug-likeness (QED) is 0.879. The van der Waals surface area contributed by atoms with Crippen LogP contribution >= 0.6 is 0 Å². The summed E-state index contributed by atoms with van der Waals surface area (Å²) >= 11 is 0. The molecular weight excluding hydrogens is 234 g/mol. The van der Waals surface area contributed by atoms with Gasteiger partial charge >= 0.3 is 0 Å². The second kappa shape index (κ2) is 5.35. The van der Waals surface area contributed by atoms with E-state index < -0.39 is 0 Å². The molecule has 0 saturated carbocycles. The van der Waals surface area contributed by atoms with Gasteiger partial charge in [-0.15, -0.1) is 0 Å². The molecule has 2 heteroatoms. The minimum absolute atomic E-state index is 0.230. The molecule has 1 unspecified atom stereocenters. The molecule has 1 aliphatic heterocycles. The van der Waals surface area contributed by atoms with Crippen LogP contribution in [0.4, 0.5) is 5.69 Å². The topological polar surface area (TPSA) is 21.3 Å². The van der Waals surface area contributed by atoms with Crippen LogP contribution in [0.3, 0.4) is 0 Å². The van der Waals surface area contributed by atoms with E-state index >= 15 is 0 Å². The summed E-state index contributed by atoms with van der Waals surface area (Å²) in [6.45, 7) is 2.96. The minimum Gasteiger partial charge on any atom is -0.488 e. The zero-order chi connectivity index (χ0) is 13.1. The molecule has 0 aromatic heterocycles. The Bertz CT molecular complexity index is 538. The van der Waals surface area contributed by atoms with Crippen LogP contribution in [0.15, 0.2) is 48.5 Å². The van der Waals surface area contributed by atoms with Crippen LogP contribution < -0.4 is 10.1 Å². The summed E-state index contributed by atoms with van der Waals surface area (Å²) in [5.74, 6) is 1.00. The molecule has 1 heterocycles. The average Bonchev–Trinajstić information content (AvgIpc) is 2.64. The number of aryl methyl sites for hydroxylation is 2. The Kier molecular flexibility index (Phi) is 3.41. The number of rotatable bonds is 2. The Hall–Kier alpha value is -1.96. The third-order valence-corrected chi connectivity index (χ3v) is 3.66. The van der Waals surface area contributed by atoms with Gasteiger partial charge in [-0.1, -0.05) is 36.4 Å². The molecule has 0 spiro atoms. The van der Waals surface area contributed by atoms with Gasteiger partial charge < -0.3 is 10.1 Å². The van der Waals surface area contributed by atoms with Crippen molar-refractivity contribution in [2.45, 2.75) is 25.9 Å². The largest absolute Gasteiger partial charge is 0.488 e. The van der Waals surface area contributed by atoms with Crippen molar-refractivity contribution in [3.8, 4) is 5.75 Å². The molecule has 0 fully saturated rings. The number of nitrogens with one attached hydrogen (secondary N) is 1. The number of anilines is 1. The Labute approximate surface area is 114 Å². The van der Waals surface area contributed by atoms with Crippen molar-refractivity contribution in [1.82, 2.24) is 0 Å².